The van der Waals surface area contributed by atoms with E-state index in [0.29, 0.717) is 12.2 Å². The summed E-state index contributed by atoms with van der Waals surface area (Å²) in [5.74, 6) is 3.79. The van der Waals surface area contributed by atoms with Gasteiger partial charge in [0.2, 0.25) is 5.78 Å². The first-order chi connectivity index (χ1) is 8.52. The first kappa shape index (κ1) is 15.8. The molecule has 0 aliphatic rings. The Morgan fingerprint density at radius 3 is 2.11 bits per heavy atom. The van der Waals surface area contributed by atoms with Crippen LogP contribution in [0.5, 0.6) is 0 Å². The third-order valence-electron chi connectivity index (χ3n) is 1.75. The van der Waals surface area contributed by atoms with Crippen molar-refractivity contribution in [2.24, 2.45) is 5.84 Å². The molecule has 98 valence electrons. The van der Waals surface area contributed by atoms with Crippen molar-refractivity contribution in [3.8, 4) is 0 Å². The molecule has 0 bridgehead atoms. The van der Waals surface area contributed by atoms with Crippen LogP contribution < -0.4 is 11.3 Å². The second-order valence-corrected chi connectivity index (χ2v) is 3.12. The summed E-state index contributed by atoms with van der Waals surface area (Å²) in [6, 6.07) is 8.52. The Hall–Kier alpha value is -2.21. The van der Waals surface area contributed by atoms with Gasteiger partial charge in [0.25, 0.3) is 0 Å². The average Bonchev–Trinajstić information content (AvgIpc) is 2.39. The van der Waals surface area contributed by atoms with Crippen LogP contribution >= 0.6 is 0 Å². The highest BCUT2D eigenvalue weighted by atomic mass is 16.5. The molecule has 0 atom stereocenters. The molecule has 0 aromatic heterocycles. The maximum Gasteiger partial charge on any atom is 0.421 e. The van der Waals surface area contributed by atoms with Crippen molar-refractivity contribution >= 4 is 17.7 Å². The van der Waals surface area contributed by atoms with Gasteiger partial charge in [-0.3, -0.25) is 15.0 Å². The van der Waals surface area contributed by atoms with E-state index < -0.39 is 17.7 Å². The molecule has 1 aromatic rings. The van der Waals surface area contributed by atoms with E-state index in [4.69, 9.17) is 0 Å². The Morgan fingerprint density at radius 2 is 1.78 bits per heavy atom. The van der Waals surface area contributed by atoms with Crippen LogP contribution in [-0.4, -0.2) is 24.3 Å². The van der Waals surface area contributed by atoms with Crippen molar-refractivity contribution in [1.29, 1.82) is 0 Å². The van der Waals surface area contributed by atoms with Gasteiger partial charge in [0.15, 0.2) is 5.78 Å². The van der Waals surface area contributed by atoms with E-state index >= 15 is 0 Å². The van der Waals surface area contributed by atoms with Crippen LogP contribution in [-0.2, 0) is 9.53 Å². The van der Waals surface area contributed by atoms with Crippen molar-refractivity contribution < 1.29 is 19.1 Å². The molecule has 0 unspecified atom stereocenters. The van der Waals surface area contributed by atoms with Gasteiger partial charge in [0.05, 0.1) is 6.61 Å². The van der Waals surface area contributed by atoms with Crippen LogP contribution in [0.3, 0.4) is 0 Å². The summed E-state index contributed by atoms with van der Waals surface area (Å²) in [5, 5.41) is 0. The Labute approximate surface area is 105 Å². The number of nitrogens with two attached hydrogens (primary N) is 1. The van der Waals surface area contributed by atoms with E-state index in [9.17, 15) is 14.4 Å². The lowest BCUT2D eigenvalue weighted by Gasteiger charge is -1.95. The molecule has 18 heavy (non-hydrogen) atoms. The summed E-state index contributed by atoms with van der Waals surface area (Å²) >= 11 is 0. The van der Waals surface area contributed by atoms with E-state index in [-0.39, 0.29) is 0 Å². The largest absolute Gasteiger partial charge is 0.449 e. The van der Waals surface area contributed by atoms with Crippen LogP contribution in [0.25, 0.3) is 0 Å². The van der Waals surface area contributed by atoms with Crippen LogP contribution in [0, 0.1) is 0 Å². The number of hydrogen-bond acceptors (Lipinski definition) is 5. The minimum atomic E-state index is -0.595. The number of ketones is 2. The van der Waals surface area contributed by atoms with Crippen molar-refractivity contribution in [1.82, 2.24) is 5.43 Å². The van der Waals surface area contributed by atoms with Gasteiger partial charge in [-0.05, 0) is 6.92 Å². The van der Waals surface area contributed by atoms with Crippen LogP contribution in [0.15, 0.2) is 30.3 Å². The summed E-state index contributed by atoms with van der Waals surface area (Å²) in [6.07, 6.45) is -0.595. The predicted molar refractivity (Wildman–Crippen MR) is 65.8 cm³/mol. The second-order valence-electron chi connectivity index (χ2n) is 3.12. The molecule has 6 nitrogen and oxygen atoms in total. The van der Waals surface area contributed by atoms with Crippen molar-refractivity contribution in [3.05, 3.63) is 35.9 Å². The number of carbonyl (C=O) groups is 3. The van der Waals surface area contributed by atoms with Crippen LogP contribution in [0.1, 0.15) is 24.2 Å². The fourth-order valence-corrected chi connectivity index (χ4v) is 0.966. The number of ether oxygens (including phenoxy) is 1. The minimum Gasteiger partial charge on any atom is -0.449 e. The van der Waals surface area contributed by atoms with E-state index in [1.807, 2.05) is 0 Å². The quantitative estimate of drug-likeness (QED) is 0.275. The van der Waals surface area contributed by atoms with Crippen molar-refractivity contribution in [3.63, 3.8) is 0 Å². The minimum absolute atomic E-state index is 0.350. The molecule has 0 saturated heterocycles. The summed E-state index contributed by atoms with van der Waals surface area (Å²) in [6.45, 7) is 3.33. The van der Waals surface area contributed by atoms with Crippen molar-refractivity contribution in [2.45, 2.75) is 13.8 Å². The van der Waals surface area contributed by atoms with Crippen molar-refractivity contribution in [2.75, 3.05) is 6.61 Å². The first-order valence-corrected chi connectivity index (χ1v) is 5.26. The molecular weight excluding hydrogens is 236 g/mol. The molecule has 0 aliphatic heterocycles. The molecule has 0 fully saturated rings. The Bertz CT molecular complexity index is 404. The predicted octanol–water partition coefficient (Wildman–Crippen LogP) is 1.06. The molecule has 1 aromatic carbocycles. The molecule has 0 radical (unpaired) electrons. The summed E-state index contributed by atoms with van der Waals surface area (Å²) in [5.41, 5.74) is 2.26. The van der Waals surface area contributed by atoms with E-state index in [0.717, 1.165) is 0 Å². The Kier molecular flexibility index (Phi) is 7.80. The third-order valence-corrected chi connectivity index (χ3v) is 1.75. The summed E-state index contributed by atoms with van der Waals surface area (Å²) < 4.78 is 4.32. The third kappa shape index (κ3) is 6.39. The smallest absolute Gasteiger partial charge is 0.421 e. The number of carbonyl (C=O) groups excluding carboxylic acids is 3. The lowest BCUT2D eigenvalue weighted by molar-refractivity contribution is -0.113. The highest BCUT2D eigenvalue weighted by molar-refractivity contribution is 6.42. The van der Waals surface area contributed by atoms with E-state index in [2.05, 4.69) is 10.6 Å². The fourth-order valence-electron chi connectivity index (χ4n) is 0.966. The lowest BCUT2D eigenvalue weighted by atomic mass is 10.1. The summed E-state index contributed by atoms with van der Waals surface area (Å²) in [4.78, 5) is 31.5. The van der Waals surface area contributed by atoms with Gasteiger partial charge in [-0.1, -0.05) is 30.3 Å². The zero-order valence-electron chi connectivity index (χ0n) is 10.3. The molecule has 6 heteroatoms. The van der Waals surface area contributed by atoms with Gasteiger partial charge >= 0.3 is 6.09 Å². The van der Waals surface area contributed by atoms with Gasteiger partial charge in [0.1, 0.15) is 0 Å². The second kappa shape index (κ2) is 8.89. The van der Waals surface area contributed by atoms with Gasteiger partial charge in [0, 0.05) is 12.5 Å². The molecule has 1 rings (SSSR count). The van der Waals surface area contributed by atoms with E-state index in [1.165, 1.54) is 6.92 Å². The average molecular weight is 252 g/mol. The zero-order chi connectivity index (χ0) is 14.0. The summed E-state index contributed by atoms with van der Waals surface area (Å²) in [7, 11) is 0. The topological polar surface area (TPSA) is 98.5 Å². The standard InChI is InChI=1S/C9H8O2.C3H8N2O2/c1-7(10)9(11)8-5-3-2-4-6-8;1-2-7-3(6)5-4/h2-6H,1H3;2,4H2,1H3,(H,5,6). The van der Waals surface area contributed by atoms with Crippen LogP contribution in [0.2, 0.25) is 0 Å². The number of hydrazine groups is 1. The Morgan fingerprint density at radius 1 is 1.22 bits per heavy atom. The highest BCUT2D eigenvalue weighted by Crippen LogP contribution is 1.99. The lowest BCUT2D eigenvalue weighted by Crippen LogP contribution is -2.30. The number of hydrogen-bond donors (Lipinski definition) is 2. The SMILES string of the molecule is CC(=O)C(=O)c1ccccc1.CCOC(=O)NN. The maximum absolute atomic E-state index is 11.0. The van der Waals surface area contributed by atoms with Gasteiger partial charge in [-0.25, -0.2) is 10.6 Å². The highest BCUT2D eigenvalue weighted by Gasteiger charge is 2.08. The Balaban J connectivity index is 0.000000360. The van der Waals surface area contributed by atoms with Crippen LogP contribution in [0.4, 0.5) is 4.79 Å². The van der Waals surface area contributed by atoms with Gasteiger partial charge in [-0.15, -0.1) is 0 Å². The zero-order valence-corrected chi connectivity index (χ0v) is 10.3. The molecule has 0 aliphatic carbocycles. The monoisotopic (exact) mass is 252 g/mol. The number of Topliss-reactive ketones (excluding diaryl/α,β-unsaturated/α-hetero) is 2. The van der Waals surface area contributed by atoms with E-state index in [1.54, 1.807) is 42.7 Å². The number of amides is 1. The molecule has 0 heterocycles. The molecule has 0 saturated carbocycles. The number of nitrogens with one attached hydrogen (secondary N) is 1. The fraction of sp³-hybridized carbons (Fsp3) is 0.250. The molecule has 1 amide bonds. The molecule has 0 spiro atoms. The number of rotatable bonds is 3. The van der Waals surface area contributed by atoms with Gasteiger partial charge in [-0.2, -0.15) is 0 Å². The maximum atomic E-state index is 11.0. The number of benzene rings is 1. The normalized spacial score (nSPS) is 8.61. The first-order valence-electron chi connectivity index (χ1n) is 5.26. The van der Waals surface area contributed by atoms with Gasteiger partial charge < -0.3 is 4.74 Å². The molecule has 3 N–H and O–H groups in total. The molecular formula is C12H16N2O4.